The van der Waals surface area contributed by atoms with Crippen LogP contribution < -0.4 is 0 Å². The molecule has 2 heteroatoms. The van der Waals surface area contributed by atoms with Gasteiger partial charge in [0.05, 0.1) is 12.5 Å². The minimum atomic E-state index is -0.229. The maximum Gasteiger partial charge on any atom is 0.313 e. The van der Waals surface area contributed by atoms with Gasteiger partial charge in [-0.15, -0.1) is 13.2 Å². The van der Waals surface area contributed by atoms with E-state index < -0.39 is 0 Å². The number of ether oxygens (including phenoxy) is 1. The molecule has 0 radical (unpaired) electrons. The van der Waals surface area contributed by atoms with Crippen molar-refractivity contribution >= 4 is 5.97 Å². The third-order valence-corrected chi connectivity index (χ3v) is 1.29. The fourth-order valence-electron chi connectivity index (χ4n) is 0.718. The lowest BCUT2D eigenvalue weighted by Gasteiger charge is -2.07. The van der Waals surface area contributed by atoms with E-state index in [4.69, 9.17) is 4.74 Å². The van der Waals surface area contributed by atoms with Crippen LogP contribution in [0.1, 0.15) is 13.3 Å². The van der Waals surface area contributed by atoms with Crippen LogP contribution in [0.2, 0.25) is 0 Å². The molecule has 0 aromatic rings. The first kappa shape index (κ1) is 9.95. The Hall–Kier alpha value is -1.05. The molecule has 0 rings (SSSR count). The highest BCUT2D eigenvalue weighted by Crippen LogP contribution is 2.06. The van der Waals surface area contributed by atoms with Crippen molar-refractivity contribution in [2.24, 2.45) is 5.92 Å². The van der Waals surface area contributed by atoms with Gasteiger partial charge in [0.25, 0.3) is 0 Å². The molecule has 0 saturated heterocycles. The Kier molecular flexibility index (Phi) is 5.17. The summed E-state index contributed by atoms with van der Waals surface area (Å²) in [6, 6.07) is 0. The van der Waals surface area contributed by atoms with E-state index in [2.05, 4.69) is 13.2 Å². The maximum atomic E-state index is 11.0. The van der Waals surface area contributed by atoms with E-state index in [1.165, 1.54) is 0 Å². The van der Waals surface area contributed by atoms with Crippen molar-refractivity contribution in [1.29, 1.82) is 0 Å². The Morgan fingerprint density at radius 2 is 2.27 bits per heavy atom. The van der Waals surface area contributed by atoms with Gasteiger partial charge in [0.15, 0.2) is 0 Å². The van der Waals surface area contributed by atoms with E-state index in [1.54, 1.807) is 19.1 Å². The number of carbonyl (C=O) groups is 1. The highest BCUT2D eigenvalue weighted by Gasteiger charge is 2.12. The molecule has 11 heavy (non-hydrogen) atoms. The number of hydrogen-bond donors (Lipinski definition) is 0. The molecule has 0 aliphatic heterocycles. The molecular weight excluding hydrogens is 140 g/mol. The number of allylic oxidation sites excluding steroid dienone is 1. The van der Waals surface area contributed by atoms with Crippen molar-refractivity contribution in [3.05, 3.63) is 25.3 Å². The minimum Gasteiger partial charge on any atom is -0.466 e. The van der Waals surface area contributed by atoms with Gasteiger partial charge in [-0.25, -0.2) is 0 Å². The average Bonchev–Trinajstić information content (AvgIpc) is 2.00. The van der Waals surface area contributed by atoms with Crippen molar-refractivity contribution in [3.63, 3.8) is 0 Å². The van der Waals surface area contributed by atoms with Gasteiger partial charge >= 0.3 is 5.97 Å². The standard InChI is InChI=1S/C9H14O2/c1-4-7-8(5-2)9(10)11-6-3/h4-5,8H,1-2,6-7H2,3H3. The predicted octanol–water partition coefficient (Wildman–Crippen LogP) is 1.93. The number of rotatable bonds is 5. The van der Waals surface area contributed by atoms with Crippen molar-refractivity contribution in [2.75, 3.05) is 6.61 Å². The minimum absolute atomic E-state index is 0.220. The van der Waals surface area contributed by atoms with E-state index in [0.29, 0.717) is 13.0 Å². The Labute approximate surface area is 67.6 Å². The summed E-state index contributed by atoms with van der Waals surface area (Å²) in [5, 5.41) is 0. The second kappa shape index (κ2) is 5.71. The van der Waals surface area contributed by atoms with Crippen LogP contribution in [-0.4, -0.2) is 12.6 Å². The Morgan fingerprint density at radius 1 is 1.64 bits per heavy atom. The van der Waals surface area contributed by atoms with Gasteiger partial charge in [0.2, 0.25) is 0 Å². The third-order valence-electron chi connectivity index (χ3n) is 1.29. The normalized spacial score (nSPS) is 11.7. The number of esters is 1. The van der Waals surface area contributed by atoms with Gasteiger partial charge in [0, 0.05) is 0 Å². The van der Waals surface area contributed by atoms with E-state index in [1.807, 2.05) is 0 Å². The molecule has 0 amide bonds. The summed E-state index contributed by atoms with van der Waals surface area (Å²) in [4.78, 5) is 11.0. The Morgan fingerprint density at radius 3 is 2.64 bits per heavy atom. The summed E-state index contributed by atoms with van der Waals surface area (Å²) in [5.74, 6) is -0.449. The van der Waals surface area contributed by atoms with Crippen LogP contribution in [0.5, 0.6) is 0 Å². The molecule has 0 aromatic carbocycles. The summed E-state index contributed by atoms with van der Waals surface area (Å²) in [6.07, 6.45) is 3.87. The summed E-state index contributed by atoms with van der Waals surface area (Å²) in [7, 11) is 0. The van der Waals surface area contributed by atoms with E-state index in [9.17, 15) is 4.79 Å². The maximum absolute atomic E-state index is 11.0. The summed E-state index contributed by atoms with van der Waals surface area (Å²) in [6.45, 7) is 9.27. The molecule has 0 aliphatic rings. The number of hydrogen-bond acceptors (Lipinski definition) is 2. The molecule has 1 atom stereocenters. The molecule has 2 nitrogen and oxygen atoms in total. The van der Waals surface area contributed by atoms with Gasteiger partial charge < -0.3 is 4.74 Å². The van der Waals surface area contributed by atoms with Crippen LogP contribution in [0.15, 0.2) is 25.3 Å². The molecule has 0 saturated carbocycles. The first-order valence-electron chi connectivity index (χ1n) is 3.66. The molecular formula is C9H14O2. The lowest BCUT2D eigenvalue weighted by molar-refractivity contribution is -0.146. The van der Waals surface area contributed by atoms with Gasteiger partial charge in [-0.1, -0.05) is 12.2 Å². The molecule has 0 spiro atoms. The Bertz CT molecular complexity index is 150. The SMILES string of the molecule is C=CCC(C=C)C(=O)OCC. The van der Waals surface area contributed by atoms with Gasteiger partial charge in [-0.3, -0.25) is 4.79 Å². The summed E-state index contributed by atoms with van der Waals surface area (Å²) in [5.41, 5.74) is 0. The molecule has 0 heterocycles. The third kappa shape index (κ3) is 3.61. The first-order valence-corrected chi connectivity index (χ1v) is 3.66. The van der Waals surface area contributed by atoms with Crippen LogP contribution in [0.4, 0.5) is 0 Å². The lowest BCUT2D eigenvalue weighted by atomic mass is 10.1. The number of carbonyl (C=O) groups excluding carboxylic acids is 1. The monoisotopic (exact) mass is 154 g/mol. The molecule has 1 unspecified atom stereocenters. The topological polar surface area (TPSA) is 26.3 Å². The van der Waals surface area contributed by atoms with Crippen LogP contribution >= 0.6 is 0 Å². The van der Waals surface area contributed by atoms with Gasteiger partial charge in [-0.05, 0) is 13.3 Å². The molecule has 0 N–H and O–H groups in total. The quantitative estimate of drug-likeness (QED) is 0.446. The zero-order chi connectivity index (χ0) is 8.69. The van der Waals surface area contributed by atoms with E-state index >= 15 is 0 Å². The van der Waals surface area contributed by atoms with Crippen molar-refractivity contribution in [1.82, 2.24) is 0 Å². The molecule has 0 fully saturated rings. The van der Waals surface area contributed by atoms with Gasteiger partial charge in [-0.2, -0.15) is 0 Å². The zero-order valence-electron chi connectivity index (χ0n) is 6.88. The van der Waals surface area contributed by atoms with Crippen molar-refractivity contribution in [3.8, 4) is 0 Å². The first-order chi connectivity index (χ1) is 5.26. The van der Waals surface area contributed by atoms with Crippen LogP contribution in [0.25, 0.3) is 0 Å². The lowest BCUT2D eigenvalue weighted by Crippen LogP contribution is -2.14. The average molecular weight is 154 g/mol. The predicted molar refractivity (Wildman–Crippen MR) is 45.1 cm³/mol. The summed E-state index contributed by atoms with van der Waals surface area (Å²) >= 11 is 0. The zero-order valence-corrected chi connectivity index (χ0v) is 6.88. The second-order valence-corrected chi connectivity index (χ2v) is 2.12. The molecule has 0 bridgehead atoms. The highest BCUT2D eigenvalue weighted by molar-refractivity contribution is 5.74. The van der Waals surface area contributed by atoms with Gasteiger partial charge in [0.1, 0.15) is 0 Å². The molecule has 0 aromatic heterocycles. The molecule has 0 aliphatic carbocycles. The van der Waals surface area contributed by atoms with Crippen molar-refractivity contribution < 1.29 is 9.53 Å². The van der Waals surface area contributed by atoms with E-state index in [0.717, 1.165) is 0 Å². The van der Waals surface area contributed by atoms with Crippen LogP contribution in [-0.2, 0) is 9.53 Å². The van der Waals surface area contributed by atoms with Crippen LogP contribution in [0.3, 0.4) is 0 Å². The fourth-order valence-corrected chi connectivity index (χ4v) is 0.718. The Balaban J connectivity index is 3.90. The fraction of sp³-hybridized carbons (Fsp3) is 0.444. The largest absolute Gasteiger partial charge is 0.466 e. The second-order valence-electron chi connectivity index (χ2n) is 2.12. The molecule has 62 valence electrons. The smallest absolute Gasteiger partial charge is 0.313 e. The van der Waals surface area contributed by atoms with E-state index in [-0.39, 0.29) is 11.9 Å². The van der Waals surface area contributed by atoms with Crippen molar-refractivity contribution in [2.45, 2.75) is 13.3 Å². The summed E-state index contributed by atoms with van der Waals surface area (Å²) < 4.78 is 4.79. The van der Waals surface area contributed by atoms with Crippen LogP contribution in [0, 0.1) is 5.92 Å². The highest BCUT2D eigenvalue weighted by atomic mass is 16.5.